The zero-order valence-electron chi connectivity index (χ0n) is 20.9. The van der Waals surface area contributed by atoms with Crippen molar-refractivity contribution in [1.82, 2.24) is 19.5 Å². The van der Waals surface area contributed by atoms with Crippen molar-refractivity contribution >= 4 is 34.4 Å². The number of piperazine rings is 1. The normalized spacial score (nSPS) is 14.0. The van der Waals surface area contributed by atoms with Crippen LogP contribution in [0, 0.1) is 0 Å². The maximum Gasteiger partial charge on any atom is 0.247 e. The Balaban J connectivity index is 1.28. The number of carbonyl (C=O) groups is 1. The van der Waals surface area contributed by atoms with Gasteiger partial charge < -0.3 is 20.3 Å². The molecule has 0 radical (unpaired) electrons. The number of hydrogen-bond acceptors (Lipinski definition) is 7. The lowest BCUT2D eigenvalue weighted by molar-refractivity contribution is -0.111. The Bertz CT molecular complexity index is 1380. The van der Waals surface area contributed by atoms with Gasteiger partial charge in [-0.3, -0.25) is 9.69 Å². The van der Waals surface area contributed by atoms with Gasteiger partial charge in [-0.2, -0.15) is 0 Å². The summed E-state index contributed by atoms with van der Waals surface area (Å²) >= 11 is 0. The molecule has 9 heteroatoms. The van der Waals surface area contributed by atoms with E-state index in [0.29, 0.717) is 11.6 Å². The molecule has 1 fully saturated rings. The molecule has 190 valence electrons. The molecule has 2 N–H and O–H groups in total. The summed E-state index contributed by atoms with van der Waals surface area (Å²) in [4.78, 5) is 21.0. The number of fused-ring (bicyclic) bond motifs is 1. The predicted molar refractivity (Wildman–Crippen MR) is 148 cm³/mol. The van der Waals surface area contributed by atoms with Crippen LogP contribution in [0.3, 0.4) is 0 Å². The van der Waals surface area contributed by atoms with Gasteiger partial charge in [0.1, 0.15) is 0 Å². The van der Waals surface area contributed by atoms with E-state index in [4.69, 9.17) is 9.84 Å². The summed E-state index contributed by atoms with van der Waals surface area (Å²) < 4.78 is 7.04. The maximum atomic E-state index is 11.7. The minimum atomic E-state index is -0.249. The summed E-state index contributed by atoms with van der Waals surface area (Å²) in [7, 11) is 1.75. The lowest BCUT2D eigenvalue weighted by atomic mass is 10.1. The molecular formula is C28H31N7O2. The lowest BCUT2D eigenvalue weighted by Gasteiger charge is -2.36. The third-order valence-corrected chi connectivity index (χ3v) is 6.48. The van der Waals surface area contributed by atoms with Gasteiger partial charge in [0.2, 0.25) is 11.9 Å². The summed E-state index contributed by atoms with van der Waals surface area (Å²) in [5.74, 6) is 0.252. The van der Waals surface area contributed by atoms with E-state index in [2.05, 4.69) is 56.3 Å². The fourth-order valence-electron chi connectivity index (χ4n) is 4.46. The van der Waals surface area contributed by atoms with Crippen LogP contribution in [0.2, 0.25) is 0 Å². The molecule has 0 aliphatic carbocycles. The van der Waals surface area contributed by atoms with Gasteiger partial charge in [0.25, 0.3) is 0 Å². The molecule has 4 aromatic rings. The molecule has 0 atom stereocenters. The highest BCUT2D eigenvalue weighted by molar-refractivity contribution is 5.99. The van der Waals surface area contributed by atoms with Crippen molar-refractivity contribution in [3.8, 4) is 11.3 Å². The summed E-state index contributed by atoms with van der Waals surface area (Å²) in [6, 6.07) is 20.0. The first-order valence-corrected chi connectivity index (χ1v) is 12.3. The first-order chi connectivity index (χ1) is 18.1. The van der Waals surface area contributed by atoms with Gasteiger partial charge in [-0.25, -0.2) is 9.50 Å². The molecule has 1 saturated heterocycles. The zero-order valence-corrected chi connectivity index (χ0v) is 20.9. The number of anilines is 4. The van der Waals surface area contributed by atoms with E-state index >= 15 is 0 Å². The van der Waals surface area contributed by atoms with E-state index in [1.54, 1.807) is 13.3 Å². The number of hydrogen-bond donors (Lipinski definition) is 2. The molecule has 1 aliphatic heterocycles. The Kier molecular flexibility index (Phi) is 7.43. The SMILES string of the molecule is C=CC(=O)Nc1cccc(-c2ccc3cnc(Nc4ccc(N5CCN(CCOC)CC5)cc4)nn23)c1. The fourth-order valence-corrected chi connectivity index (χ4v) is 4.46. The summed E-state index contributed by atoms with van der Waals surface area (Å²) in [6.07, 6.45) is 3.04. The van der Waals surface area contributed by atoms with Crippen LogP contribution in [-0.2, 0) is 9.53 Å². The molecule has 3 heterocycles. The number of nitrogens with one attached hydrogen (secondary N) is 2. The van der Waals surface area contributed by atoms with E-state index in [1.807, 2.05) is 40.9 Å². The van der Waals surface area contributed by atoms with Gasteiger partial charge in [0, 0.05) is 62.5 Å². The molecular weight excluding hydrogens is 466 g/mol. The number of rotatable bonds is 9. The van der Waals surface area contributed by atoms with Gasteiger partial charge in [-0.1, -0.05) is 18.7 Å². The van der Waals surface area contributed by atoms with Crippen molar-refractivity contribution in [3.05, 3.63) is 79.5 Å². The second kappa shape index (κ2) is 11.2. The minimum Gasteiger partial charge on any atom is -0.383 e. The lowest BCUT2D eigenvalue weighted by Crippen LogP contribution is -2.47. The zero-order chi connectivity index (χ0) is 25.6. The Morgan fingerprint density at radius 2 is 1.86 bits per heavy atom. The van der Waals surface area contributed by atoms with Crippen molar-refractivity contribution in [3.63, 3.8) is 0 Å². The van der Waals surface area contributed by atoms with Crippen LogP contribution < -0.4 is 15.5 Å². The highest BCUT2D eigenvalue weighted by Gasteiger charge is 2.17. The van der Waals surface area contributed by atoms with E-state index in [1.165, 1.54) is 11.8 Å². The number of carbonyl (C=O) groups excluding carboxylic acids is 1. The fraction of sp³-hybridized carbons (Fsp3) is 0.250. The first-order valence-electron chi connectivity index (χ1n) is 12.3. The van der Waals surface area contributed by atoms with Crippen molar-refractivity contribution in [1.29, 1.82) is 0 Å². The van der Waals surface area contributed by atoms with Crippen LogP contribution in [0.5, 0.6) is 0 Å². The Morgan fingerprint density at radius 3 is 2.62 bits per heavy atom. The topological polar surface area (TPSA) is 87.0 Å². The molecule has 0 saturated carbocycles. The monoisotopic (exact) mass is 497 g/mol. The molecule has 37 heavy (non-hydrogen) atoms. The van der Waals surface area contributed by atoms with Crippen molar-refractivity contribution < 1.29 is 9.53 Å². The molecule has 0 bridgehead atoms. The van der Waals surface area contributed by atoms with Gasteiger partial charge in [0.05, 0.1) is 24.0 Å². The molecule has 0 unspecified atom stereocenters. The summed E-state index contributed by atoms with van der Waals surface area (Å²) in [6.45, 7) is 9.36. The van der Waals surface area contributed by atoms with Gasteiger partial charge in [0.15, 0.2) is 0 Å². The van der Waals surface area contributed by atoms with Gasteiger partial charge in [-0.05, 0) is 54.6 Å². The average molecular weight is 498 g/mol. The van der Waals surface area contributed by atoms with Crippen molar-refractivity contribution in [2.45, 2.75) is 0 Å². The van der Waals surface area contributed by atoms with Gasteiger partial charge in [-0.15, -0.1) is 5.10 Å². The smallest absolute Gasteiger partial charge is 0.247 e. The molecule has 2 aromatic heterocycles. The summed E-state index contributed by atoms with van der Waals surface area (Å²) in [5.41, 5.74) is 5.53. The van der Waals surface area contributed by atoms with Crippen LogP contribution in [0.1, 0.15) is 0 Å². The van der Waals surface area contributed by atoms with Gasteiger partial charge >= 0.3 is 0 Å². The second-order valence-electron chi connectivity index (χ2n) is 8.90. The van der Waals surface area contributed by atoms with E-state index in [-0.39, 0.29) is 5.91 Å². The van der Waals surface area contributed by atoms with Crippen LogP contribution in [-0.4, -0.2) is 71.8 Å². The number of methoxy groups -OCH3 is 1. The number of aromatic nitrogens is 3. The van der Waals surface area contributed by atoms with Crippen LogP contribution in [0.25, 0.3) is 16.8 Å². The molecule has 9 nitrogen and oxygen atoms in total. The average Bonchev–Trinajstić information content (AvgIpc) is 3.36. The third-order valence-electron chi connectivity index (χ3n) is 6.48. The van der Waals surface area contributed by atoms with E-state index in [0.717, 1.165) is 61.8 Å². The highest BCUT2D eigenvalue weighted by Crippen LogP contribution is 2.26. The minimum absolute atomic E-state index is 0.249. The molecule has 1 aliphatic rings. The van der Waals surface area contributed by atoms with Crippen molar-refractivity contribution in [2.75, 3.05) is 62.0 Å². The largest absolute Gasteiger partial charge is 0.383 e. The number of nitrogens with zero attached hydrogens (tertiary/aromatic N) is 5. The number of amides is 1. The number of ether oxygens (including phenoxy) is 1. The van der Waals surface area contributed by atoms with Crippen LogP contribution in [0.15, 0.2) is 79.5 Å². The molecule has 1 amide bonds. The standard InChI is InChI=1S/C28H31N7O2/c1-3-27(36)30-23-6-4-5-21(19-23)26-12-11-25-20-29-28(32-35(25)26)31-22-7-9-24(10-8-22)34-15-13-33(14-16-34)17-18-37-2/h3-12,19-20H,1,13-18H2,2H3,(H,30,36)(H,31,32). The molecule has 2 aromatic carbocycles. The Labute approximate surface area is 216 Å². The van der Waals surface area contributed by atoms with Crippen LogP contribution in [0.4, 0.5) is 23.0 Å². The Hall–Kier alpha value is -4.21. The highest BCUT2D eigenvalue weighted by atomic mass is 16.5. The third kappa shape index (κ3) is 5.79. The Morgan fingerprint density at radius 1 is 1.05 bits per heavy atom. The molecule has 0 spiro atoms. The van der Waals surface area contributed by atoms with E-state index in [9.17, 15) is 4.79 Å². The first kappa shape index (κ1) is 24.5. The maximum absolute atomic E-state index is 11.7. The van der Waals surface area contributed by atoms with Crippen LogP contribution >= 0.6 is 0 Å². The van der Waals surface area contributed by atoms with Crippen molar-refractivity contribution in [2.24, 2.45) is 0 Å². The quantitative estimate of drug-likeness (QED) is 0.338. The molecule has 5 rings (SSSR count). The summed E-state index contributed by atoms with van der Waals surface area (Å²) in [5, 5.41) is 10.8. The van der Waals surface area contributed by atoms with E-state index < -0.39 is 0 Å². The second-order valence-corrected chi connectivity index (χ2v) is 8.90. The number of benzene rings is 2. The predicted octanol–water partition coefficient (Wildman–Crippen LogP) is 4.03.